The molecule has 0 atom stereocenters. The van der Waals surface area contributed by atoms with Gasteiger partial charge in [-0.25, -0.2) is 4.79 Å². The smallest absolute Gasteiger partial charge is 0.337 e. The Morgan fingerprint density at radius 2 is 2.00 bits per heavy atom. The van der Waals surface area contributed by atoms with Crippen LogP contribution in [0.4, 0.5) is 5.69 Å². The van der Waals surface area contributed by atoms with Crippen LogP contribution in [0, 0.1) is 12.8 Å². The van der Waals surface area contributed by atoms with E-state index < -0.39 is 16.2 Å². The van der Waals surface area contributed by atoms with Crippen LogP contribution in [0.1, 0.15) is 35.7 Å². The van der Waals surface area contributed by atoms with Crippen LogP contribution >= 0.6 is 0 Å². The molecule has 0 spiro atoms. The molecule has 1 aliphatic rings. The average Bonchev–Trinajstić information content (AvgIpc) is 3.24. The van der Waals surface area contributed by atoms with Crippen LogP contribution in [0.5, 0.6) is 0 Å². The van der Waals surface area contributed by atoms with Crippen molar-refractivity contribution in [2.24, 2.45) is 5.92 Å². The van der Waals surface area contributed by atoms with E-state index in [1.165, 1.54) is 10.4 Å². The van der Waals surface area contributed by atoms with Crippen molar-refractivity contribution in [1.82, 2.24) is 4.31 Å². The Kier molecular flexibility index (Phi) is 4.77. The number of anilines is 1. The van der Waals surface area contributed by atoms with Gasteiger partial charge in [-0.3, -0.25) is 4.31 Å². The van der Waals surface area contributed by atoms with E-state index in [1.807, 2.05) is 0 Å². The number of hydrogen-bond donors (Lipinski definition) is 1. The summed E-state index contributed by atoms with van der Waals surface area (Å²) in [6.07, 6.45) is 2.10. The van der Waals surface area contributed by atoms with Gasteiger partial charge in [0.05, 0.1) is 11.3 Å². The molecule has 0 saturated heterocycles. The molecule has 0 radical (unpaired) electrons. The maximum absolute atomic E-state index is 12.7. The number of benzene rings is 1. The number of aromatic carboxylic acids is 1. The Balaban J connectivity index is 2.40. The number of rotatable bonds is 7. The van der Waals surface area contributed by atoms with Gasteiger partial charge in [-0.05, 0) is 44.7 Å². The molecule has 0 bridgehead atoms. The summed E-state index contributed by atoms with van der Waals surface area (Å²) in [5.74, 6) is -0.701. The van der Waals surface area contributed by atoms with Gasteiger partial charge >= 0.3 is 16.2 Å². The molecule has 122 valence electrons. The molecule has 1 fully saturated rings. The van der Waals surface area contributed by atoms with Crippen molar-refractivity contribution in [3.63, 3.8) is 0 Å². The maximum atomic E-state index is 12.7. The number of aryl methyl sites for hydroxylation is 1. The number of nitrogens with zero attached hydrogens (tertiary/aromatic N) is 2. The highest BCUT2D eigenvalue weighted by molar-refractivity contribution is 7.90. The maximum Gasteiger partial charge on any atom is 0.337 e. The molecule has 0 amide bonds. The Hall–Kier alpha value is -1.60. The van der Waals surface area contributed by atoms with E-state index in [0.29, 0.717) is 12.5 Å². The third kappa shape index (κ3) is 3.41. The first-order valence-electron chi connectivity index (χ1n) is 7.35. The predicted molar refractivity (Wildman–Crippen MR) is 85.4 cm³/mol. The van der Waals surface area contributed by atoms with Crippen LogP contribution in [-0.4, -0.2) is 43.9 Å². The summed E-state index contributed by atoms with van der Waals surface area (Å²) >= 11 is 0. The monoisotopic (exact) mass is 326 g/mol. The Morgan fingerprint density at radius 1 is 1.36 bits per heavy atom. The van der Waals surface area contributed by atoms with Crippen LogP contribution in [0.2, 0.25) is 0 Å². The molecule has 2 rings (SSSR count). The minimum absolute atomic E-state index is 0.00486. The highest BCUT2D eigenvalue weighted by Gasteiger charge is 2.33. The first-order chi connectivity index (χ1) is 10.3. The SMILES string of the molecule is CCN(c1ccc(C)cc1C(=O)O)S(=O)(=O)N(C)CC1CC1. The standard InChI is InChI=1S/C15H22N2O4S/c1-4-17(22(20,21)16(3)10-12-6-7-12)14-8-5-11(2)9-13(14)15(18)19/h5,8-9,12H,4,6-7,10H2,1-3H3,(H,18,19). The van der Waals surface area contributed by atoms with Crippen LogP contribution in [0.25, 0.3) is 0 Å². The molecular formula is C15H22N2O4S. The van der Waals surface area contributed by atoms with E-state index in [1.54, 1.807) is 33.0 Å². The molecule has 1 aromatic carbocycles. The minimum atomic E-state index is -3.72. The third-order valence-corrected chi connectivity index (χ3v) is 5.77. The summed E-state index contributed by atoms with van der Waals surface area (Å²) in [6.45, 7) is 4.14. The highest BCUT2D eigenvalue weighted by Crippen LogP contribution is 2.32. The lowest BCUT2D eigenvalue weighted by Gasteiger charge is -2.29. The van der Waals surface area contributed by atoms with Gasteiger partial charge in [0.2, 0.25) is 0 Å². The quantitative estimate of drug-likeness (QED) is 0.832. The van der Waals surface area contributed by atoms with Gasteiger partial charge in [-0.2, -0.15) is 12.7 Å². The van der Waals surface area contributed by atoms with E-state index in [0.717, 1.165) is 22.7 Å². The Labute approximate surface area is 131 Å². The predicted octanol–water partition coefficient (Wildman–Crippen LogP) is 2.11. The molecule has 1 aromatic rings. The highest BCUT2D eigenvalue weighted by atomic mass is 32.2. The third-order valence-electron chi connectivity index (χ3n) is 3.82. The molecule has 0 aliphatic heterocycles. The molecule has 0 aromatic heterocycles. The summed E-state index contributed by atoms with van der Waals surface area (Å²) in [5, 5.41) is 9.36. The molecule has 22 heavy (non-hydrogen) atoms. The molecule has 0 heterocycles. The van der Waals surface area contributed by atoms with Gasteiger partial charge in [0.15, 0.2) is 0 Å². The van der Waals surface area contributed by atoms with Gasteiger partial charge in [0.1, 0.15) is 0 Å². The fourth-order valence-electron chi connectivity index (χ4n) is 2.42. The number of carboxylic acids is 1. The van der Waals surface area contributed by atoms with Crippen molar-refractivity contribution in [3.8, 4) is 0 Å². The number of hydrogen-bond acceptors (Lipinski definition) is 3. The van der Waals surface area contributed by atoms with Crippen molar-refractivity contribution < 1.29 is 18.3 Å². The summed E-state index contributed by atoms with van der Waals surface area (Å²) in [7, 11) is -2.18. The molecule has 1 aliphatic carbocycles. The van der Waals surface area contributed by atoms with Crippen LogP contribution in [0.3, 0.4) is 0 Å². The van der Waals surface area contributed by atoms with Gasteiger partial charge in [0, 0.05) is 20.1 Å². The van der Waals surface area contributed by atoms with Crippen molar-refractivity contribution in [1.29, 1.82) is 0 Å². The lowest BCUT2D eigenvalue weighted by atomic mass is 10.1. The topological polar surface area (TPSA) is 77.9 Å². The van der Waals surface area contributed by atoms with E-state index >= 15 is 0 Å². The largest absolute Gasteiger partial charge is 0.478 e. The van der Waals surface area contributed by atoms with Crippen LogP contribution in [0.15, 0.2) is 18.2 Å². The average molecular weight is 326 g/mol. The fourth-order valence-corrected chi connectivity index (χ4v) is 3.89. The van der Waals surface area contributed by atoms with Crippen molar-refractivity contribution in [2.75, 3.05) is 24.4 Å². The zero-order valence-corrected chi connectivity index (χ0v) is 13.9. The lowest BCUT2D eigenvalue weighted by Crippen LogP contribution is -2.43. The summed E-state index contributed by atoms with van der Waals surface area (Å²) in [5.41, 5.74) is 0.995. The molecular weight excluding hydrogens is 304 g/mol. The molecule has 7 heteroatoms. The number of carbonyl (C=O) groups is 1. The zero-order chi connectivity index (χ0) is 16.5. The number of carboxylic acid groups (broad SMARTS) is 1. The second-order valence-electron chi connectivity index (χ2n) is 5.72. The second kappa shape index (κ2) is 6.26. The second-order valence-corrected chi connectivity index (χ2v) is 7.68. The summed E-state index contributed by atoms with van der Waals surface area (Å²) < 4.78 is 28.0. The molecule has 0 unspecified atom stereocenters. The van der Waals surface area contributed by atoms with Gasteiger partial charge in [-0.1, -0.05) is 11.6 Å². The van der Waals surface area contributed by atoms with Crippen molar-refractivity contribution in [2.45, 2.75) is 26.7 Å². The van der Waals surface area contributed by atoms with Gasteiger partial charge < -0.3 is 5.11 Å². The van der Waals surface area contributed by atoms with Crippen LogP contribution in [-0.2, 0) is 10.2 Å². The van der Waals surface area contributed by atoms with E-state index in [2.05, 4.69) is 0 Å². The van der Waals surface area contributed by atoms with E-state index in [9.17, 15) is 18.3 Å². The summed E-state index contributed by atoms with van der Waals surface area (Å²) in [6, 6.07) is 4.78. The Morgan fingerprint density at radius 3 is 2.50 bits per heavy atom. The molecule has 1 N–H and O–H groups in total. The Bertz CT molecular complexity index is 668. The summed E-state index contributed by atoms with van der Waals surface area (Å²) in [4.78, 5) is 11.4. The zero-order valence-electron chi connectivity index (χ0n) is 13.1. The van der Waals surface area contributed by atoms with E-state index in [4.69, 9.17) is 0 Å². The van der Waals surface area contributed by atoms with Crippen LogP contribution < -0.4 is 4.31 Å². The fraction of sp³-hybridized carbons (Fsp3) is 0.533. The van der Waals surface area contributed by atoms with Gasteiger partial charge in [0.25, 0.3) is 0 Å². The van der Waals surface area contributed by atoms with Crippen molar-refractivity contribution in [3.05, 3.63) is 29.3 Å². The lowest BCUT2D eigenvalue weighted by molar-refractivity contribution is 0.0697. The molecule has 6 nitrogen and oxygen atoms in total. The van der Waals surface area contributed by atoms with Gasteiger partial charge in [-0.15, -0.1) is 0 Å². The van der Waals surface area contributed by atoms with E-state index in [-0.39, 0.29) is 17.8 Å². The minimum Gasteiger partial charge on any atom is -0.478 e. The normalized spacial score (nSPS) is 15.1. The first kappa shape index (κ1) is 16.8. The first-order valence-corrected chi connectivity index (χ1v) is 8.75. The van der Waals surface area contributed by atoms with Crippen molar-refractivity contribution >= 4 is 21.9 Å². The molecule has 1 saturated carbocycles.